The lowest BCUT2D eigenvalue weighted by Gasteiger charge is -2.11. The Bertz CT molecular complexity index is 949. The topological polar surface area (TPSA) is 50.4 Å². The number of benzene rings is 3. The zero-order valence-corrected chi connectivity index (χ0v) is 17.3. The fraction of sp³-hybridized carbons (Fsp3) is 0.174. The van der Waals surface area contributed by atoms with Crippen LogP contribution in [0.2, 0.25) is 10.0 Å². The average Bonchev–Trinajstić information content (AvgIpc) is 2.73. The van der Waals surface area contributed by atoms with Gasteiger partial charge < -0.3 is 15.4 Å². The summed E-state index contributed by atoms with van der Waals surface area (Å²) in [5, 5.41) is 6.67. The van der Waals surface area contributed by atoms with Crippen molar-refractivity contribution >= 4 is 40.5 Å². The van der Waals surface area contributed by atoms with Crippen LogP contribution in [0, 0.1) is 0 Å². The highest BCUT2D eigenvalue weighted by Crippen LogP contribution is 2.29. The maximum absolute atomic E-state index is 12.2. The molecule has 0 saturated heterocycles. The van der Waals surface area contributed by atoms with Crippen molar-refractivity contribution in [2.24, 2.45) is 0 Å². The van der Waals surface area contributed by atoms with Crippen LogP contribution in [-0.4, -0.2) is 19.1 Å². The van der Waals surface area contributed by atoms with E-state index in [4.69, 9.17) is 27.9 Å². The first-order chi connectivity index (χ1) is 14.1. The van der Waals surface area contributed by atoms with Gasteiger partial charge in [0, 0.05) is 11.8 Å². The number of halogens is 2. The molecule has 0 fully saturated rings. The van der Waals surface area contributed by atoms with E-state index in [0.29, 0.717) is 28.0 Å². The third-order valence-electron chi connectivity index (χ3n) is 4.23. The number of anilines is 2. The van der Waals surface area contributed by atoms with Crippen LogP contribution in [0.25, 0.3) is 0 Å². The van der Waals surface area contributed by atoms with Gasteiger partial charge in [0.05, 0.1) is 28.9 Å². The molecular weight excluding hydrogens is 407 g/mol. The number of ether oxygens (including phenoxy) is 1. The number of nitrogens with one attached hydrogen (secondary N) is 2. The van der Waals surface area contributed by atoms with Crippen LogP contribution in [0.5, 0.6) is 5.75 Å². The van der Waals surface area contributed by atoms with Crippen LogP contribution >= 0.6 is 23.2 Å². The van der Waals surface area contributed by atoms with Gasteiger partial charge in [0.25, 0.3) is 0 Å². The Morgan fingerprint density at radius 1 is 0.931 bits per heavy atom. The standard InChI is InChI=1S/C23H22Cl2N2O2/c24-20-12-5-13-21(23(20)25)26-16-22(28)27-18-10-4-11-19(15-18)29-14-6-9-17-7-2-1-3-8-17/h1-5,7-8,10-13,15,26H,6,9,14,16H2,(H,27,28). The molecule has 0 aliphatic rings. The second-order valence-corrected chi connectivity index (χ2v) is 7.25. The Kier molecular flexibility index (Phi) is 7.79. The molecule has 0 spiro atoms. The highest BCUT2D eigenvalue weighted by Gasteiger charge is 2.07. The van der Waals surface area contributed by atoms with Gasteiger partial charge >= 0.3 is 0 Å². The quantitative estimate of drug-likeness (QED) is 0.407. The smallest absolute Gasteiger partial charge is 0.243 e. The van der Waals surface area contributed by atoms with Gasteiger partial charge in [-0.1, -0.05) is 65.7 Å². The van der Waals surface area contributed by atoms with Gasteiger partial charge in [0.1, 0.15) is 5.75 Å². The number of carbonyl (C=O) groups is 1. The molecule has 150 valence electrons. The average molecular weight is 429 g/mol. The first kappa shape index (κ1) is 21.0. The molecule has 0 atom stereocenters. The van der Waals surface area contributed by atoms with Crippen LogP contribution in [0.4, 0.5) is 11.4 Å². The minimum Gasteiger partial charge on any atom is -0.494 e. The zero-order valence-electron chi connectivity index (χ0n) is 15.8. The molecule has 0 aromatic heterocycles. The van der Waals surface area contributed by atoms with Gasteiger partial charge in [-0.15, -0.1) is 0 Å². The van der Waals surface area contributed by atoms with Gasteiger partial charge in [0.15, 0.2) is 0 Å². The number of amides is 1. The molecule has 3 aromatic carbocycles. The lowest BCUT2D eigenvalue weighted by atomic mass is 10.1. The fourth-order valence-electron chi connectivity index (χ4n) is 2.80. The molecule has 0 bridgehead atoms. The lowest BCUT2D eigenvalue weighted by molar-refractivity contribution is -0.114. The van der Waals surface area contributed by atoms with Crippen molar-refractivity contribution in [3.05, 3.63) is 88.4 Å². The number of aryl methyl sites for hydroxylation is 1. The zero-order chi connectivity index (χ0) is 20.5. The molecule has 0 saturated carbocycles. The monoisotopic (exact) mass is 428 g/mol. The molecule has 2 N–H and O–H groups in total. The fourth-order valence-corrected chi connectivity index (χ4v) is 3.16. The summed E-state index contributed by atoms with van der Waals surface area (Å²) in [4.78, 5) is 12.2. The summed E-state index contributed by atoms with van der Waals surface area (Å²) in [7, 11) is 0. The molecule has 6 heteroatoms. The van der Waals surface area contributed by atoms with E-state index in [0.717, 1.165) is 18.6 Å². The molecule has 0 radical (unpaired) electrons. The highest BCUT2D eigenvalue weighted by atomic mass is 35.5. The largest absolute Gasteiger partial charge is 0.494 e. The summed E-state index contributed by atoms with van der Waals surface area (Å²) in [5.41, 5.74) is 2.59. The third kappa shape index (κ3) is 6.70. The molecule has 29 heavy (non-hydrogen) atoms. The minimum absolute atomic E-state index is 0.0716. The van der Waals surface area contributed by atoms with Crippen molar-refractivity contribution in [3.8, 4) is 5.75 Å². The molecule has 0 heterocycles. The molecule has 0 aliphatic carbocycles. The van der Waals surface area contributed by atoms with Gasteiger partial charge in [0.2, 0.25) is 5.91 Å². The highest BCUT2D eigenvalue weighted by molar-refractivity contribution is 6.43. The van der Waals surface area contributed by atoms with E-state index >= 15 is 0 Å². The summed E-state index contributed by atoms with van der Waals surface area (Å²) >= 11 is 12.1. The molecule has 3 aromatic rings. The first-order valence-corrected chi connectivity index (χ1v) is 10.1. The lowest BCUT2D eigenvalue weighted by Crippen LogP contribution is -2.21. The van der Waals surface area contributed by atoms with E-state index in [9.17, 15) is 4.79 Å². The summed E-state index contributed by atoms with van der Waals surface area (Å²) in [6.07, 6.45) is 1.89. The SMILES string of the molecule is O=C(CNc1cccc(Cl)c1Cl)Nc1cccc(OCCCc2ccccc2)c1. The number of rotatable bonds is 9. The van der Waals surface area contributed by atoms with Gasteiger partial charge in [-0.25, -0.2) is 0 Å². The summed E-state index contributed by atoms with van der Waals surface area (Å²) in [6.45, 7) is 0.684. The first-order valence-electron chi connectivity index (χ1n) is 9.36. The predicted octanol–water partition coefficient (Wildman–Crippen LogP) is 6.06. The Labute approximate surface area is 180 Å². The number of hydrogen-bond acceptors (Lipinski definition) is 3. The van der Waals surface area contributed by atoms with Crippen molar-refractivity contribution in [1.29, 1.82) is 0 Å². The van der Waals surface area contributed by atoms with Gasteiger partial charge in [-0.2, -0.15) is 0 Å². The minimum atomic E-state index is -0.192. The van der Waals surface area contributed by atoms with Crippen LogP contribution in [0.1, 0.15) is 12.0 Å². The molecule has 0 unspecified atom stereocenters. The second kappa shape index (κ2) is 10.7. The number of carbonyl (C=O) groups excluding carboxylic acids is 1. The maximum Gasteiger partial charge on any atom is 0.243 e. The Morgan fingerprint density at radius 2 is 1.72 bits per heavy atom. The molecular formula is C23H22Cl2N2O2. The Balaban J connectivity index is 1.45. The molecule has 0 aliphatic heterocycles. The van der Waals surface area contributed by atoms with E-state index in [1.165, 1.54) is 5.56 Å². The van der Waals surface area contributed by atoms with Crippen LogP contribution < -0.4 is 15.4 Å². The summed E-state index contributed by atoms with van der Waals surface area (Å²) in [6, 6.07) is 22.9. The van der Waals surface area contributed by atoms with E-state index < -0.39 is 0 Å². The molecule has 4 nitrogen and oxygen atoms in total. The van der Waals surface area contributed by atoms with Gasteiger partial charge in [-0.05, 0) is 42.7 Å². The Hall–Kier alpha value is -2.69. The number of hydrogen-bond donors (Lipinski definition) is 2. The summed E-state index contributed by atoms with van der Waals surface area (Å²) < 4.78 is 5.81. The Morgan fingerprint density at radius 3 is 2.55 bits per heavy atom. The normalized spacial score (nSPS) is 10.4. The van der Waals surface area contributed by atoms with E-state index in [1.807, 2.05) is 42.5 Å². The van der Waals surface area contributed by atoms with Crippen molar-refractivity contribution in [2.45, 2.75) is 12.8 Å². The summed E-state index contributed by atoms with van der Waals surface area (Å²) in [5.74, 6) is 0.531. The predicted molar refractivity (Wildman–Crippen MR) is 120 cm³/mol. The molecule has 1 amide bonds. The third-order valence-corrected chi connectivity index (χ3v) is 5.05. The van der Waals surface area contributed by atoms with Crippen molar-refractivity contribution in [2.75, 3.05) is 23.8 Å². The van der Waals surface area contributed by atoms with Crippen LogP contribution in [0.3, 0.4) is 0 Å². The van der Waals surface area contributed by atoms with Crippen LogP contribution in [0.15, 0.2) is 72.8 Å². The van der Waals surface area contributed by atoms with E-state index in [1.54, 1.807) is 18.2 Å². The maximum atomic E-state index is 12.2. The van der Waals surface area contributed by atoms with Crippen LogP contribution in [-0.2, 0) is 11.2 Å². The van der Waals surface area contributed by atoms with E-state index in [2.05, 4.69) is 22.8 Å². The van der Waals surface area contributed by atoms with Crippen molar-refractivity contribution < 1.29 is 9.53 Å². The van der Waals surface area contributed by atoms with Crippen molar-refractivity contribution in [1.82, 2.24) is 0 Å². The van der Waals surface area contributed by atoms with Gasteiger partial charge in [-0.3, -0.25) is 4.79 Å². The second-order valence-electron chi connectivity index (χ2n) is 6.47. The van der Waals surface area contributed by atoms with E-state index in [-0.39, 0.29) is 12.5 Å². The van der Waals surface area contributed by atoms with Crippen molar-refractivity contribution in [3.63, 3.8) is 0 Å². The molecule has 3 rings (SSSR count).